The van der Waals surface area contributed by atoms with Crippen molar-refractivity contribution >= 4 is 34.3 Å². The van der Waals surface area contributed by atoms with Gasteiger partial charge in [0.25, 0.3) is 0 Å². The second kappa shape index (κ2) is 6.49. The molecule has 1 unspecified atom stereocenters. The summed E-state index contributed by atoms with van der Waals surface area (Å²) in [6.45, 7) is 0.507. The average Bonchev–Trinajstić information content (AvgIpc) is 3.12. The highest BCUT2D eigenvalue weighted by Crippen LogP contribution is 2.25. The monoisotopic (exact) mass is 310 g/mol. The van der Waals surface area contributed by atoms with Gasteiger partial charge in [0.1, 0.15) is 6.04 Å². The number of likely N-dealkylation sites (tertiary alicyclic amines) is 1. The predicted octanol–water partition coefficient (Wildman–Crippen LogP) is 1.83. The van der Waals surface area contributed by atoms with Crippen LogP contribution in [0.25, 0.3) is 6.08 Å². The lowest BCUT2D eigenvalue weighted by Crippen LogP contribution is -2.40. The van der Waals surface area contributed by atoms with Crippen molar-refractivity contribution in [3.05, 3.63) is 33.2 Å². The SMILES string of the molecule is COC(=O)C1CCCN1C(=O)/C=C/c1ccc([N+](=O)[O-])s1. The van der Waals surface area contributed by atoms with Gasteiger partial charge in [0.15, 0.2) is 0 Å². The lowest BCUT2D eigenvalue weighted by atomic mass is 10.2. The molecule has 1 aliphatic rings. The number of rotatable bonds is 4. The number of thiophene rings is 1. The van der Waals surface area contributed by atoms with Crippen molar-refractivity contribution in [3.63, 3.8) is 0 Å². The van der Waals surface area contributed by atoms with Gasteiger partial charge in [-0.15, -0.1) is 0 Å². The lowest BCUT2D eigenvalue weighted by molar-refractivity contribution is -0.380. The fourth-order valence-electron chi connectivity index (χ4n) is 2.19. The van der Waals surface area contributed by atoms with E-state index in [1.54, 1.807) is 6.07 Å². The molecule has 1 fully saturated rings. The topological polar surface area (TPSA) is 89.8 Å². The van der Waals surface area contributed by atoms with Gasteiger partial charge in [0, 0.05) is 23.6 Å². The van der Waals surface area contributed by atoms with Crippen molar-refractivity contribution in [2.75, 3.05) is 13.7 Å². The third kappa shape index (κ3) is 3.46. The van der Waals surface area contributed by atoms with Gasteiger partial charge in [0.2, 0.25) is 5.91 Å². The Labute approximate surface area is 125 Å². The molecule has 0 spiro atoms. The molecule has 0 saturated carbocycles. The first-order chi connectivity index (χ1) is 10.0. The molecule has 0 bridgehead atoms. The van der Waals surface area contributed by atoms with Gasteiger partial charge in [-0.1, -0.05) is 11.3 Å². The Bertz CT molecular complexity index is 595. The van der Waals surface area contributed by atoms with Gasteiger partial charge in [0.05, 0.1) is 12.0 Å². The molecule has 112 valence electrons. The molecule has 1 atom stereocenters. The molecular weight excluding hydrogens is 296 g/mol. The number of methoxy groups -OCH3 is 1. The summed E-state index contributed by atoms with van der Waals surface area (Å²) < 4.78 is 4.68. The summed E-state index contributed by atoms with van der Waals surface area (Å²) in [6.07, 6.45) is 4.20. The first kappa shape index (κ1) is 15.2. The van der Waals surface area contributed by atoms with Crippen LogP contribution in [0.4, 0.5) is 5.00 Å². The smallest absolute Gasteiger partial charge is 0.328 e. The number of carbonyl (C=O) groups excluding carboxylic acids is 2. The molecule has 1 aliphatic heterocycles. The molecule has 0 N–H and O–H groups in total. The fourth-order valence-corrected chi connectivity index (χ4v) is 2.91. The second-order valence-corrected chi connectivity index (χ2v) is 5.57. The molecule has 0 radical (unpaired) electrons. The van der Waals surface area contributed by atoms with E-state index in [9.17, 15) is 19.7 Å². The molecular formula is C13H14N2O5S. The quantitative estimate of drug-likeness (QED) is 0.366. The zero-order valence-electron chi connectivity index (χ0n) is 11.4. The number of ether oxygens (including phenoxy) is 1. The molecule has 7 nitrogen and oxygen atoms in total. The zero-order chi connectivity index (χ0) is 15.4. The summed E-state index contributed by atoms with van der Waals surface area (Å²) >= 11 is 0.989. The minimum Gasteiger partial charge on any atom is -0.467 e. The number of nitrogens with zero attached hydrogens (tertiary/aromatic N) is 2. The third-order valence-electron chi connectivity index (χ3n) is 3.19. The standard InChI is InChI=1S/C13H14N2O5S/c1-20-13(17)10-3-2-8-14(10)11(16)6-4-9-5-7-12(21-9)15(18)19/h4-7,10H,2-3,8H2,1H3/b6-4+. The Kier molecular flexibility index (Phi) is 4.69. The van der Waals surface area contributed by atoms with Crippen molar-refractivity contribution in [2.24, 2.45) is 0 Å². The van der Waals surface area contributed by atoms with Crippen LogP contribution >= 0.6 is 11.3 Å². The number of esters is 1. The van der Waals surface area contributed by atoms with E-state index in [4.69, 9.17) is 0 Å². The van der Waals surface area contributed by atoms with Crippen molar-refractivity contribution in [1.82, 2.24) is 4.90 Å². The summed E-state index contributed by atoms with van der Waals surface area (Å²) in [5, 5.41) is 10.6. The van der Waals surface area contributed by atoms with Crippen LogP contribution in [0, 0.1) is 10.1 Å². The van der Waals surface area contributed by atoms with E-state index >= 15 is 0 Å². The van der Waals surface area contributed by atoms with Crippen LogP contribution in [-0.2, 0) is 14.3 Å². The van der Waals surface area contributed by atoms with Gasteiger partial charge in [-0.2, -0.15) is 0 Å². The van der Waals surface area contributed by atoms with Crippen molar-refractivity contribution in [1.29, 1.82) is 0 Å². The Hall–Kier alpha value is -2.22. The van der Waals surface area contributed by atoms with Crippen molar-refractivity contribution in [3.8, 4) is 0 Å². The van der Waals surface area contributed by atoms with E-state index in [1.807, 2.05) is 0 Å². The highest BCUT2D eigenvalue weighted by molar-refractivity contribution is 7.16. The second-order valence-electron chi connectivity index (χ2n) is 4.48. The summed E-state index contributed by atoms with van der Waals surface area (Å²) in [4.78, 5) is 35.8. The molecule has 1 saturated heterocycles. The number of nitro groups is 1. The van der Waals surface area contributed by atoms with E-state index in [0.717, 1.165) is 17.8 Å². The Morgan fingerprint density at radius 2 is 2.29 bits per heavy atom. The summed E-state index contributed by atoms with van der Waals surface area (Å²) in [6, 6.07) is 2.43. The van der Waals surface area contributed by atoms with Crippen LogP contribution in [-0.4, -0.2) is 41.4 Å². The van der Waals surface area contributed by atoms with Crippen LogP contribution in [0.2, 0.25) is 0 Å². The first-order valence-corrected chi connectivity index (χ1v) is 7.15. The van der Waals surface area contributed by atoms with Gasteiger partial charge >= 0.3 is 11.0 Å². The molecule has 0 aliphatic carbocycles. The molecule has 0 aromatic carbocycles. The Morgan fingerprint density at radius 3 is 2.90 bits per heavy atom. The largest absolute Gasteiger partial charge is 0.467 e. The highest BCUT2D eigenvalue weighted by Gasteiger charge is 2.33. The summed E-state index contributed by atoms with van der Waals surface area (Å²) in [5.41, 5.74) is 0. The average molecular weight is 310 g/mol. The number of hydrogen-bond acceptors (Lipinski definition) is 6. The summed E-state index contributed by atoms with van der Waals surface area (Å²) in [7, 11) is 1.30. The molecule has 21 heavy (non-hydrogen) atoms. The van der Waals surface area contributed by atoms with Crippen molar-refractivity contribution in [2.45, 2.75) is 18.9 Å². The van der Waals surface area contributed by atoms with Crippen LogP contribution in [0.3, 0.4) is 0 Å². The third-order valence-corrected chi connectivity index (χ3v) is 4.19. The maximum absolute atomic E-state index is 12.1. The number of hydrogen-bond donors (Lipinski definition) is 0. The van der Waals surface area contributed by atoms with Crippen LogP contribution in [0.1, 0.15) is 17.7 Å². The maximum Gasteiger partial charge on any atom is 0.328 e. The van der Waals surface area contributed by atoms with E-state index in [0.29, 0.717) is 17.8 Å². The molecule has 1 amide bonds. The molecule has 1 aromatic heterocycles. The van der Waals surface area contributed by atoms with Gasteiger partial charge in [-0.25, -0.2) is 4.79 Å². The lowest BCUT2D eigenvalue weighted by Gasteiger charge is -2.20. The molecule has 8 heteroatoms. The zero-order valence-corrected chi connectivity index (χ0v) is 12.2. The minimum absolute atomic E-state index is 0.0238. The van der Waals surface area contributed by atoms with E-state index in [-0.39, 0.29) is 10.9 Å². The number of carbonyl (C=O) groups is 2. The van der Waals surface area contributed by atoms with Crippen LogP contribution in [0.15, 0.2) is 18.2 Å². The normalized spacial score (nSPS) is 18.1. The van der Waals surface area contributed by atoms with Crippen molar-refractivity contribution < 1.29 is 19.2 Å². The molecule has 2 heterocycles. The Morgan fingerprint density at radius 1 is 1.52 bits per heavy atom. The summed E-state index contributed by atoms with van der Waals surface area (Å²) in [5.74, 6) is -0.708. The van der Waals surface area contributed by atoms with E-state index in [1.165, 1.54) is 30.2 Å². The molecule has 2 rings (SSSR count). The fraction of sp³-hybridized carbons (Fsp3) is 0.385. The first-order valence-electron chi connectivity index (χ1n) is 6.33. The van der Waals surface area contributed by atoms with Gasteiger partial charge in [-0.05, 0) is 25.0 Å². The maximum atomic E-state index is 12.1. The Balaban J connectivity index is 2.04. The van der Waals surface area contributed by atoms with Gasteiger partial charge < -0.3 is 9.64 Å². The van der Waals surface area contributed by atoms with Gasteiger partial charge in [-0.3, -0.25) is 14.9 Å². The van der Waals surface area contributed by atoms with E-state index < -0.39 is 16.9 Å². The highest BCUT2D eigenvalue weighted by atomic mass is 32.1. The minimum atomic E-state index is -0.537. The van der Waals surface area contributed by atoms with Crippen LogP contribution < -0.4 is 0 Å². The predicted molar refractivity (Wildman–Crippen MR) is 76.8 cm³/mol. The number of amides is 1. The molecule has 1 aromatic rings. The van der Waals surface area contributed by atoms with E-state index in [2.05, 4.69) is 4.74 Å². The van der Waals surface area contributed by atoms with Crippen LogP contribution in [0.5, 0.6) is 0 Å².